The van der Waals surface area contributed by atoms with E-state index in [1.54, 1.807) is 12.4 Å². The van der Waals surface area contributed by atoms with Crippen LogP contribution < -0.4 is 4.90 Å². The molecule has 0 atom stereocenters. The van der Waals surface area contributed by atoms with E-state index in [4.69, 9.17) is 4.74 Å². The van der Waals surface area contributed by atoms with Gasteiger partial charge in [-0.3, -0.25) is 4.79 Å². The number of rotatable bonds is 4. The zero-order chi connectivity index (χ0) is 19.2. The molecule has 1 aromatic heterocycles. The molecule has 6 nitrogen and oxygen atoms in total. The van der Waals surface area contributed by atoms with E-state index in [2.05, 4.69) is 39.2 Å². The highest BCUT2D eigenvalue weighted by molar-refractivity contribution is 5.77. The average molecular weight is 378 g/mol. The first-order valence-electron chi connectivity index (χ1n) is 9.89. The Bertz CT molecular complexity index is 802. The molecule has 2 aliphatic heterocycles. The predicted molar refractivity (Wildman–Crippen MR) is 109 cm³/mol. The Balaban J connectivity index is 1.39. The zero-order valence-corrected chi connectivity index (χ0v) is 16.0. The molecule has 6 heteroatoms. The van der Waals surface area contributed by atoms with Gasteiger partial charge in [0.25, 0.3) is 0 Å². The van der Waals surface area contributed by atoms with Crippen molar-refractivity contribution in [3.8, 4) is 0 Å². The highest BCUT2D eigenvalue weighted by Gasteiger charge is 2.40. The van der Waals surface area contributed by atoms with Crippen LogP contribution >= 0.6 is 0 Å². The Morgan fingerprint density at radius 3 is 2.57 bits per heavy atom. The Hall–Kier alpha value is -2.73. The maximum Gasteiger partial charge on any atom is 0.225 e. The highest BCUT2D eigenvalue weighted by atomic mass is 16.5. The fraction of sp³-hybridized carbons (Fsp3) is 0.409. The second-order valence-electron chi connectivity index (χ2n) is 7.40. The van der Waals surface area contributed by atoms with E-state index in [0.717, 1.165) is 37.4 Å². The molecule has 146 valence electrons. The van der Waals surface area contributed by atoms with Crippen molar-refractivity contribution in [3.05, 3.63) is 60.4 Å². The Morgan fingerprint density at radius 1 is 1.07 bits per heavy atom. The van der Waals surface area contributed by atoms with Gasteiger partial charge >= 0.3 is 0 Å². The molecule has 2 aromatic rings. The summed E-state index contributed by atoms with van der Waals surface area (Å²) < 4.78 is 6.23. The van der Waals surface area contributed by atoms with Crippen molar-refractivity contribution < 1.29 is 9.53 Å². The van der Waals surface area contributed by atoms with Gasteiger partial charge in [0.05, 0.1) is 25.2 Å². The van der Waals surface area contributed by atoms with Gasteiger partial charge in [-0.2, -0.15) is 0 Å². The fourth-order valence-electron chi connectivity index (χ4n) is 3.91. The molecule has 0 radical (unpaired) electrons. The largest absolute Gasteiger partial charge is 0.372 e. The predicted octanol–water partition coefficient (Wildman–Crippen LogP) is 2.78. The molecule has 1 amide bonds. The van der Waals surface area contributed by atoms with Crippen LogP contribution in [-0.4, -0.2) is 59.2 Å². The number of amides is 1. The first kappa shape index (κ1) is 18.6. The van der Waals surface area contributed by atoms with Crippen molar-refractivity contribution >= 4 is 17.9 Å². The molecule has 0 aliphatic carbocycles. The zero-order valence-electron chi connectivity index (χ0n) is 16.0. The van der Waals surface area contributed by atoms with Gasteiger partial charge in [-0.05, 0) is 24.5 Å². The summed E-state index contributed by atoms with van der Waals surface area (Å²) in [4.78, 5) is 25.4. The molecule has 2 saturated heterocycles. The van der Waals surface area contributed by atoms with Crippen LogP contribution in [0.15, 0.2) is 54.9 Å². The summed E-state index contributed by atoms with van der Waals surface area (Å²) in [5.74, 6) is 0.938. The topological polar surface area (TPSA) is 58.6 Å². The van der Waals surface area contributed by atoms with Gasteiger partial charge in [0.2, 0.25) is 11.9 Å². The average Bonchev–Trinajstić information content (AvgIpc) is 2.89. The number of hydrogen-bond donors (Lipinski definition) is 0. The number of piperidine rings is 1. The van der Waals surface area contributed by atoms with Gasteiger partial charge in [-0.25, -0.2) is 9.97 Å². The first-order valence-corrected chi connectivity index (χ1v) is 9.89. The number of nitrogens with zero attached hydrogens (tertiary/aromatic N) is 4. The summed E-state index contributed by atoms with van der Waals surface area (Å²) in [6.45, 7) is 3.44. The summed E-state index contributed by atoms with van der Waals surface area (Å²) >= 11 is 0. The van der Waals surface area contributed by atoms with Crippen molar-refractivity contribution in [2.75, 3.05) is 37.7 Å². The van der Waals surface area contributed by atoms with Crippen molar-refractivity contribution in [2.45, 2.75) is 24.9 Å². The van der Waals surface area contributed by atoms with Gasteiger partial charge in [0.1, 0.15) is 0 Å². The van der Waals surface area contributed by atoms with Gasteiger partial charge in [-0.15, -0.1) is 0 Å². The van der Waals surface area contributed by atoms with Gasteiger partial charge in [0.15, 0.2) is 0 Å². The standard InChI is InChI=1S/C22H26N4O2/c27-20-9-17-28-22(10-15-25(16-11-22)21-23-12-5-13-24-21)18-26(20)14-4-8-19-6-2-1-3-7-19/h1-8,12-13H,9-11,14-18H2/b8-4+. The normalized spacial score (nSPS) is 19.9. The third-order valence-corrected chi connectivity index (χ3v) is 5.50. The maximum atomic E-state index is 12.6. The molecule has 3 heterocycles. The van der Waals surface area contributed by atoms with Crippen LogP contribution in [0, 0.1) is 0 Å². The van der Waals surface area contributed by atoms with E-state index in [1.165, 1.54) is 0 Å². The fourth-order valence-corrected chi connectivity index (χ4v) is 3.91. The number of carbonyl (C=O) groups excluding carboxylic acids is 1. The summed E-state index contributed by atoms with van der Waals surface area (Å²) in [6, 6.07) is 12.0. The third kappa shape index (κ3) is 4.39. The van der Waals surface area contributed by atoms with E-state index in [9.17, 15) is 4.79 Å². The number of aromatic nitrogens is 2. The number of benzene rings is 1. The lowest BCUT2D eigenvalue weighted by molar-refractivity contribution is -0.130. The van der Waals surface area contributed by atoms with E-state index in [0.29, 0.717) is 26.1 Å². The molecule has 0 saturated carbocycles. The van der Waals surface area contributed by atoms with Crippen LogP contribution in [0.4, 0.5) is 5.95 Å². The first-order chi connectivity index (χ1) is 13.7. The van der Waals surface area contributed by atoms with Crippen molar-refractivity contribution in [1.29, 1.82) is 0 Å². The van der Waals surface area contributed by atoms with Crippen LogP contribution in [0.3, 0.4) is 0 Å². The molecule has 0 N–H and O–H groups in total. The molecule has 1 spiro atoms. The third-order valence-electron chi connectivity index (χ3n) is 5.50. The highest BCUT2D eigenvalue weighted by Crippen LogP contribution is 2.31. The van der Waals surface area contributed by atoms with E-state index in [1.807, 2.05) is 29.2 Å². The summed E-state index contributed by atoms with van der Waals surface area (Å²) in [6.07, 6.45) is 9.88. The van der Waals surface area contributed by atoms with E-state index in [-0.39, 0.29) is 11.5 Å². The van der Waals surface area contributed by atoms with Gasteiger partial charge in [-0.1, -0.05) is 42.5 Å². The van der Waals surface area contributed by atoms with Crippen molar-refractivity contribution in [2.24, 2.45) is 0 Å². The summed E-state index contributed by atoms with van der Waals surface area (Å²) in [5.41, 5.74) is 0.879. The number of hydrogen-bond acceptors (Lipinski definition) is 5. The molecule has 0 bridgehead atoms. The van der Waals surface area contributed by atoms with Crippen LogP contribution in [0.1, 0.15) is 24.8 Å². The molecule has 1 aromatic carbocycles. The Labute approximate surface area is 165 Å². The molecule has 4 rings (SSSR count). The summed E-state index contributed by atoms with van der Waals surface area (Å²) in [7, 11) is 0. The number of anilines is 1. The van der Waals surface area contributed by atoms with Crippen LogP contribution in [0.5, 0.6) is 0 Å². The molecule has 0 unspecified atom stereocenters. The van der Waals surface area contributed by atoms with E-state index < -0.39 is 0 Å². The van der Waals surface area contributed by atoms with Gasteiger partial charge < -0.3 is 14.5 Å². The number of carbonyl (C=O) groups is 1. The summed E-state index contributed by atoms with van der Waals surface area (Å²) in [5, 5.41) is 0. The monoisotopic (exact) mass is 378 g/mol. The maximum absolute atomic E-state index is 12.6. The van der Waals surface area contributed by atoms with Crippen molar-refractivity contribution in [3.63, 3.8) is 0 Å². The quantitative estimate of drug-likeness (QED) is 0.819. The Morgan fingerprint density at radius 2 is 1.82 bits per heavy atom. The minimum absolute atomic E-state index is 0.170. The lowest BCUT2D eigenvalue weighted by atomic mass is 9.90. The lowest BCUT2D eigenvalue weighted by Crippen LogP contribution is -2.52. The number of ether oxygens (including phenoxy) is 1. The SMILES string of the molecule is O=C1CCOC2(CCN(c3ncccn3)CC2)CN1C/C=C/c1ccccc1. The van der Waals surface area contributed by atoms with Gasteiger partial charge in [0, 0.05) is 32.0 Å². The lowest BCUT2D eigenvalue weighted by Gasteiger charge is -2.42. The van der Waals surface area contributed by atoms with E-state index >= 15 is 0 Å². The molecule has 28 heavy (non-hydrogen) atoms. The molecular formula is C22H26N4O2. The van der Waals surface area contributed by atoms with Crippen LogP contribution in [0.25, 0.3) is 6.08 Å². The second kappa shape index (κ2) is 8.52. The van der Waals surface area contributed by atoms with Crippen LogP contribution in [-0.2, 0) is 9.53 Å². The smallest absolute Gasteiger partial charge is 0.225 e. The molecule has 2 fully saturated rings. The Kier molecular flexibility index (Phi) is 5.67. The van der Waals surface area contributed by atoms with Crippen molar-refractivity contribution in [1.82, 2.24) is 14.9 Å². The molecular weight excluding hydrogens is 352 g/mol. The minimum atomic E-state index is -0.266. The van der Waals surface area contributed by atoms with Crippen LogP contribution in [0.2, 0.25) is 0 Å². The minimum Gasteiger partial charge on any atom is -0.372 e. The second-order valence-corrected chi connectivity index (χ2v) is 7.40. The molecule has 2 aliphatic rings.